The molecule has 0 aliphatic rings. The average molecular weight is 428 g/mol. The lowest BCUT2D eigenvalue weighted by Gasteiger charge is -2.04. The summed E-state index contributed by atoms with van der Waals surface area (Å²) in [6.07, 6.45) is 4.00. The van der Waals surface area contributed by atoms with Crippen molar-refractivity contribution in [1.82, 2.24) is 0 Å². The van der Waals surface area contributed by atoms with Crippen molar-refractivity contribution < 1.29 is 14.3 Å². The lowest BCUT2D eigenvalue weighted by molar-refractivity contribution is -0.143. The molecule has 0 fully saturated rings. The largest absolute Gasteiger partial charge is 0.466 e. The first-order valence-electron chi connectivity index (χ1n) is 6.80. The molecule has 3 nitrogen and oxygen atoms in total. The van der Waals surface area contributed by atoms with Gasteiger partial charge < -0.3 is 9.47 Å². The molecule has 0 atom stereocenters. The Morgan fingerprint density at radius 3 is 2.70 bits per heavy atom. The summed E-state index contributed by atoms with van der Waals surface area (Å²) in [4.78, 5) is 11.2. The zero-order chi connectivity index (χ0) is 14.8. The summed E-state index contributed by atoms with van der Waals surface area (Å²) in [7, 11) is 0. The van der Waals surface area contributed by atoms with E-state index in [0.717, 1.165) is 33.3 Å². The van der Waals surface area contributed by atoms with Crippen molar-refractivity contribution in [2.45, 2.75) is 39.0 Å². The fourth-order valence-corrected chi connectivity index (χ4v) is 4.50. The highest BCUT2D eigenvalue weighted by Gasteiger charge is 2.05. The Labute approximate surface area is 141 Å². The molecule has 6 heteroatoms. The van der Waals surface area contributed by atoms with E-state index in [-0.39, 0.29) is 5.97 Å². The standard InChI is InChI=1S/C14H20Br2O3S/c1-2-7-19-13(17)5-3-4-8-18-9-6-11-10-12(15)20-14(11)16/h10H,2-9H2,1H3. The molecule has 0 aliphatic carbocycles. The molecule has 0 aromatic carbocycles. The Bertz CT molecular complexity index is 407. The van der Waals surface area contributed by atoms with Crippen molar-refractivity contribution in [3.8, 4) is 0 Å². The first kappa shape index (κ1) is 18.1. The van der Waals surface area contributed by atoms with E-state index in [1.54, 1.807) is 11.3 Å². The lowest BCUT2D eigenvalue weighted by Crippen LogP contribution is -2.06. The molecule has 1 rings (SSSR count). The summed E-state index contributed by atoms with van der Waals surface area (Å²) < 4.78 is 12.9. The summed E-state index contributed by atoms with van der Waals surface area (Å²) in [5, 5.41) is 0. The van der Waals surface area contributed by atoms with Gasteiger partial charge in [-0.05, 0) is 69.2 Å². The lowest BCUT2D eigenvalue weighted by atomic mass is 10.2. The summed E-state index contributed by atoms with van der Waals surface area (Å²) in [6.45, 7) is 3.93. The van der Waals surface area contributed by atoms with Gasteiger partial charge in [0.1, 0.15) is 0 Å². The number of thiophene rings is 1. The molecule has 1 heterocycles. The van der Waals surface area contributed by atoms with E-state index in [9.17, 15) is 4.79 Å². The third kappa shape index (κ3) is 7.76. The van der Waals surface area contributed by atoms with Crippen LogP contribution in [0.15, 0.2) is 13.6 Å². The number of rotatable bonds is 10. The zero-order valence-corrected chi connectivity index (χ0v) is 15.6. The van der Waals surface area contributed by atoms with Crippen molar-refractivity contribution >= 4 is 49.2 Å². The van der Waals surface area contributed by atoms with Crippen molar-refractivity contribution in [1.29, 1.82) is 0 Å². The van der Waals surface area contributed by atoms with Gasteiger partial charge in [-0.25, -0.2) is 0 Å². The first-order chi connectivity index (χ1) is 9.63. The van der Waals surface area contributed by atoms with E-state index in [1.807, 2.05) is 6.92 Å². The van der Waals surface area contributed by atoms with Crippen LogP contribution in [0.3, 0.4) is 0 Å². The number of hydrogen-bond donors (Lipinski definition) is 0. The van der Waals surface area contributed by atoms with Crippen LogP contribution in [0.2, 0.25) is 0 Å². The number of hydrogen-bond acceptors (Lipinski definition) is 4. The predicted molar refractivity (Wildman–Crippen MR) is 89.3 cm³/mol. The minimum absolute atomic E-state index is 0.0982. The summed E-state index contributed by atoms with van der Waals surface area (Å²) >= 11 is 8.67. The smallest absolute Gasteiger partial charge is 0.305 e. The molecule has 0 spiro atoms. The Morgan fingerprint density at radius 1 is 1.25 bits per heavy atom. The van der Waals surface area contributed by atoms with E-state index in [2.05, 4.69) is 37.9 Å². The second-order valence-corrected chi connectivity index (χ2v) is 8.14. The molecule has 114 valence electrons. The summed E-state index contributed by atoms with van der Waals surface area (Å²) in [5.41, 5.74) is 1.27. The van der Waals surface area contributed by atoms with Crippen molar-refractivity contribution in [3.05, 3.63) is 19.2 Å². The molecule has 0 N–H and O–H groups in total. The van der Waals surface area contributed by atoms with Crippen molar-refractivity contribution in [3.63, 3.8) is 0 Å². The molecule has 0 aliphatic heterocycles. The monoisotopic (exact) mass is 426 g/mol. The van der Waals surface area contributed by atoms with Crippen LogP contribution in [0.25, 0.3) is 0 Å². The fraction of sp³-hybridized carbons (Fsp3) is 0.643. The Balaban J connectivity index is 1.97. The number of halogens is 2. The van der Waals surface area contributed by atoms with Gasteiger partial charge in [0, 0.05) is 13.0 Å². The molecule has 0 saturated carbocycles. The third-order valence-corrected chi connectivity index (χ3v) is 5.09. The normalized spacial score (nSPS) is 10.8. The van der Waals surface area contributed by atoms with E-state index < -0.39 is 0 Å². The van der Waals surface area contributed by atoms with Crippen LogP contribution in [0.1, 0.15) is 38.2 Å². The molecular weight excluding hydrogens is 408 g/mol. The Hall–Kier alpha value is 0.0900. The predicted octanol–water partition coefficient (Wildman–Crippen LogP) is 4.96. The molecule has 0 bridgehead atoms. The molecule has 0 radical (unpaired) electrons. The number of unbranched alkanes of at least 4 members (excludes halogenated alkanes) is 1. The molecule has 1 aromatic rings. The number of ether oxygens (including phenoxy) is 2. The van der Waals surface area contributed by atoms with Gasteiger partial charge in [0.2, 0.25) is 0 Å². The number of esters is 1. The van der Waals surface area contributed by atoms with Gasteiger partial charge in [0.05, 0.1) is 20.8 Å². The quantitative estimate of drug-likeness (QED) is 0.391. The molecular formula is C14H20Br2O3S. The summed E-state index contributed by atoms with van der Waals surface area (Å²) in [5.74, 6) is -0.0982. The SMILES string of the molecule is CCCOC(=O)CCCCOCCc1cc(Br)sc1Br. The highest BCUT2D eigenvalue weighted by molar-refractivity contribution is 9.12. The minimum atomic E-state index is -0.0982. The van der Waals surface area contributed by atoms with Crippen LogP contribution >= 0.6 is 43.2 Å². The molecule has 0 unspecified atom stereocenters. The zero-order valence-electron chi connectivity index (χ0n) is 11.6. The average Bonchev–Trinajstić information content (AvgIpc) is 2.73. The Kier molecular flexibility index (Phi) is 9.76. The maximum atomic E-state index is 11.2. The Morgan fingerprint density at radius 2 is 2.05 bits per heavy atom. The second kappa shape index (κ2) is 10.8. The van der Waals surface area contributed by atoms with Gasteiger partial charge in [-0.2, -0.15) is 0 Å². The molecule has 20 heavy (non-hydrogen) atoms. The van der Waals surface area contributed by atoms with E-state index in [4.69, 9.17) is 9.47 Å². The van der Waals surface area contributed by atoms with Gasteiger partial charge in [-0.3, -0.25) is 4.79 Å². The third-order valence-electron chi connectivity index (χ3n) is 2.63. The van der Waals surface area contributed by atoms with Gasteiger partial charge in [-0.1, -0.05) is 6.92 Å². The number of carbonyl (C=O) groups excluding carboxylic acids is 1. The minimum Gasteiger partial charge on any atom is -0.466 e. The van der Waals surface area contributed by atoms with E-state index in [1.165, 1.54) is 5.56 Å². The fourth-order valence-electron chi connectivity index (χ4n) is 1.59. The molecule has 0 amide bonds. The van der Waals surface area contributed by atoms with Crippen molar-refractivity contribution in [2.24, 2.45) is 0 Å². The van der Waals surface area contributed by atoms with E-state index >= 15 is 0 Å². The molecule has 0 saturated heterocycles. The highest BCUT2D eigenvalue weighted by atomic mass is 79.9. The van der Waals surface area contributed by atoms with Crippen LogP contribution in [-0.2, 0) is 20.7 Å². The van der Waals surface area contributed by atoms with E-state index in [0.29, 0.717) is 26.2 Å². The van der Waals surface area contributed by atoms with Crippen LogP contribution in [0.4, 0.5) is 0 Å². The van der Waals surface area contributed by atoms with Crippen LogP contribution in [0.5, 0.6) is 0 Å². The first-order valence-corrected chi connectivity index (χ1v) is 9.20. The topological polar surface area (TPSA) is 35.5 Å². The molecule has 1 aromatic heterocycles. The maximum Gasteiger partial charge on any atom is 0.305 e. The van der Waals surface area contributed by atoms with Gasteiger partial charge in [0.15, 0.2) is 0 Å². The second-order valence-electron chi connectivity index (χ2n) is 4.39. The van der Waals surface area contributed by atoms with Gasteiger partial charge >= 0.3 is 5.97 Å². The maximum absolute atomic E-state index is 11.2. The van der Waals surface area contributed by atoms with Crippen LogP contribution in [0, 0.1) is 0 Å². The van der Waals surface area contributed by atoms with Crippen LogP contribution in [-0.4, -0.2) is 25.8 Å². The highest BCUT2D eigenvalue weighted by Crippen LogP contribution is 2.32. The van der Waals surface area contributed by atoms with Gasteiger partial charge in [-0.15, -0.1) is 11.3 Å². The van der Waals surface area contributed by atoms with Crippen LogP contribution < -0.4 is 0 Å². The van der Waals surface area contributed by atoms with Crippen molar-refractivity contribution in [2.75, 3.05) is 19.8 Å². The summed E-state index contributed by atoms with van der Waals surface area (Å²) in [6, 6.07) is 2.11. The number of carbonyl (C=O) groups is 1. The van der Waals surface area contributed by atoms with Gasteiger partial charge in [0.25, 0.3) is 0 Å².